The Hall–Kier alpha value is -3.08. The molecule has 0 fully saturated rings. The van der Waals surface area contributed by atoms with E-state index in [1.807, 2.05) is 25.4 Å². The number of hydrogen-bond acceptors (Lipinski definition) is 2. The van der Waals surface area contributed by atoms with E-state index < -0.39 is 0 Å². The number of carbonyl (C=O) groups is 1. The number of urea groups is 1. The molecule has 0 radical (unpaired) electrons. The normalized spacial score (nSPS) is 10.8. The van der Waals surface area contributed by atoms with Gasteiger partial charge in [-0.05, 0) is 17.5 Å². The van der Waals surface area contributed by atoms with Gasteiger partial charge in [-0.1, -0.05) is 60.7 Å². The van der Waals surface area contributed by atoms with Gasteiger partial charge in [0.15, 0.2) is 0 Å². The lowest BCUT2D eigenvalue weighted by molar-refractivity contribution is 0.206. The first-order chi connectivity index (χ1) is 13.1. The van der Waals surface area contributed by atoms with Crippen LogP contribution in [0.3, 0.4) is 0 Å². The van der Waals surface area contributed by atoms with Gasteiger partial charge in [-0.15, -0.1) is 0 Å². The zero-order chi connectivity index (χ0) is 19.1. The van der Waals surface area contributed by atoms with Crippen molar-refractivity contribution in [3.05, 3.63) is 89.7 Å². The summed E-state index contributed by atoms with van der Waals surface area (Å²) in [7, 11) is 3.67. The van der Waals surface area contributed by atoms with E-state index >= 15 is 0 Å². The van der Waals surface area contributed by atoms with Gasteiger partial charge in [0, 0.05) is 38.3 Å². The fraction of sp³-hybridized carbons (Fsp3) is 0.273. The number of carbonyl (C=O) groups excluding carboxylic acids is 1. The maximum Gasteiger partial charge on any atom is 0.317 e. The van der Waals surface area contributed by atoms with E-state index in [9.17, 15) is 4.79 Å². The van der Waals surface area contributed by atoms with Gasteiger partial charge in [0.1, 0.15) is 0 Å². The van der Waals surface area contributed by atoms with Gasteiger partial charge in [-0.2, -0.15) is 5.10 Å². The monoisotopic (exact) mass is 362 g/mol. The molecule has 5 heteroatoms. The third-order valence-electron chi connectivity index (χ3n) is 4.64. The van der Waals surface area contributed by atoms with Gasteiger partial charge in [0.05, 0.1) is 12.7 Å². The number of rotatable bonds is 7. The molecular weight excluding hydrogens is 336 g/mol. The lowest BCUT2D eigenvalue weighted by Gasteiger charge is -2.21. The van der Waals surface area contributed by atoms with Gasteiger partial charge in [0.25, 0.3) is 0 Å². The average Bonchev–Trinajstić information content (AvgIpc) is 3.11. The number of aromatic nitrogens is 2. The summed E-state index contributed by atoms with van der Waals surface area (Å²) in [6.07, 6.45) is 4.55. The molecule has 0 aliphatic heterocycles. The Morgan fingerprint density at radius 1 is 1.07 bits per heavy atom. The molecule has 3 aromatic rings. The van der Waals surface area contributed by atoms with E-state index in [1.54, 1.807) is 22.8 Å². The highest BCUT2D eigenvalue weighted by atomic mass is 16.2. The van der Waals surface area contributed by atoms with E-state index in [2.05, 4.69) is 58.9 Å². The highest BCUT2D eigenvalue weighted by Crippen LogP contribution is 2.27. The fourth-order valence-corrected chi connectivity index (χ4v) is 3.25. The van der Waals surface area contributed by atoms with Crippen LogP contribution in [0.25, 0.3) is 0 Å². The Morgan fingerprint density at radius 2 is 1.67 bits per heavy atom. The summed E-state index contributed by atoms with van der Waals surface area (Å²) < 4.78 is 1.74. The van der Waals surface area contributed by atoms with Crippen molar-refractivity contribution in [2.75, 3.05) is 13.6 Å². The molecule has 0 aliphatic carbocycles. The molecule has 1 aromatic heterocycles. The van der Waals surface area contributed by atoms with Crippen LogP contribution in [0.5, 0.6) is 0 Å². The smallest absolute Gasteiger partial charge is 0.317 e. The SMILES string of the molecule is CN(Cc1cnn(C)c1)C(=O)NCCC(c1ccccc1)c1ccccc1. The molecule has 5 nitrogen and oxygen atoms in total. The molecule has 0 saturated heterocycles. The highest BCUT2D eigenvalue weighted by molar-refractivity contribution is 5.73. The first-order valence-electron chi connectivity index (χ1n) is 9.20. The van der Waals surface area contributed by atoms with Crippen molar-refractivity contribution < 1.29 is 4.79 Å². The van der Waals surface area contributed by atoms with E-state index in [0.717, 1.165) is 12.0 Å². The molecular formula is C22H26N4O. The number of nitrogens with one attached hydrogen (secondary N) is 1. The van der Waals surface area contributed by atoms with Crippen molar-refractivity contribution in [1.29, 1.82) is 0 Å². The van der Waals surface area contributed by atoms with Crippen LogP contribution in [0.2, 0.25) is 0 Å². The van der Waals surface area contributed by atoms with Crippen LogP contribution in [0, 0.1) is 0 Å². The molecule has 0 spiro atoms. The summed E-state index contributed by atoms with van der Waals surface area (Å²) in [5.74, 6) is 0.260. The Labute approximate surface area is 160 Å². The number of aryl methyl sites for hydroxylation is 1. The standard InChI is InChI=1S/C22H26N4O/c1-25(16-18-15-24-26(2)17-18)22(27)23-14-13-21(19-9-5-3-6-10-19)20-11-7-4-8-12-20/h3-12,15,17,21H,13-14,16H2,1-2H3,(H,23,27). The molecule has 3 rings (SSSR count). The number of benzene rings is 2. The van der Waals surface area contributed by atoms with Crippen LogP contribution in [0.4, 0.5) is 4.79 Å². The third-order valence-corrected chi connectivity index (χ3v) is 4.64. The molecule has 2 aromatic carbocycles. The van der Waals surface area contributed by atoms with E-state index in [1.165, 1.54) is 11.1 Å². The van der Waals surface area contributed by atoms with Gasteiger partial charge < -0.3 is 10.2 Å². The fourth-order valence-electron chi connectivity index (χ4n) is 3.25. The maximum absolute atomic E-state index is 12.4. The molecule has 0 saturated carbocycles. The van der Waals surface area contributed by atoms with Crippen LogP contribution in [-0.2, 0) is 13.6 Å². The lowest BCUT2D eigenvalue weighted by Crippen LogP contribution is -2.37. The van der Waals surface area contributed by atoms with Crippen molar-refractivity contribution in [3.63, 3.8) is 0 Å². The van der Waals surface area contributed by atoms with Gasteiger partial charge in [0.2, 0.25) is 0 Å². The van der Waals surface area contributed by atoms with Crippen LogP contribution in [0.15, 0.2) is 73.1 Å². The van der Waals surface area contributed by atoms with Crippen LogP contribution in [-0.4, -0.2) is 34.3 Å². The number of nitrogens with zero attached hydrogens (tertiary/aromatic N) is 3. The summed E-state index contributed by atoms with van der Waals surface area (Å²) in [6.45, 7) is 1.16. The minimum Gasteiger partial charge on any atom is -0.338 e. The number of hydrogen-bond donors (Lipinski definition) is 1. The Balaban J connectivity index is 1.58. The predicted molar refractivity (Wildman–Crippen MR) is 107 cm³/mol. The number of amides is 2. The topological polar surface area (TPSA) is 50.2 Å². The molecule has 0 atom stereocenters. The molecule has 0 bridgehead atoms. The summed E-state index contributed by atoms with van der Waals surface area (Å²) in [5, 5.41) is 7.18. The molecule has 1 N–H and O–H groups in total. The Bertz CT molecular complexity index is 806. The third kappa shape index (κ3) is 5.20. The zero-order valence-corrected chi connectivity index (χ0v) is 15.9. The molecule has 140 valence electrons. The van der Waals surface area contributed by atoms with E-state index in [4.69, 9.17) is 0 Å². The summed E-state index contributed by atoms with van der Waals surface area (Å²) in [5.41, 5.74) is 3.55. The maximum atomic E-state index is 12.4. The van der Waals surface area contributed by atoms with Crippen LogP contribution >= 0.6 is 0 Å². The molecule has 0 aliphatic rings. The first kappa shape index (κ1) is 18.7. The lowest BCUT2D eigenvalue weighted by atomic mass is 9.88. The molecule has 0 unspecified atom stereocenters. The van der Waals surface area contributed by atoms with E-state index in [-0.39, 0.29) is 11.9 Å². The predicted octanol–water partition coefficient (Wildman–Crippen LogP) is 3.78. The van der Waals surface area contributed by atoms with Gasteiger partial charge >= 0.3 is 6.03 Å². The van der Waals surface area contributed by atoms with Crippen LogP contribution < -0.4 is 5.32 Å². The largest absolute Gasteiger partial charge is 0.338 e. The Kier molecular flexibility index (Phi) is 6.26. The van der Waals surface area contributed by atoms with E-state index in [0.29, 0.717) is 13.1 Å². The summed E-state index contributed by atoms with van der Waals surface area (Å²) >= 11 is 0. The zero-order valence-electron chi connectivity index (χ0n) is 15.9. The van der Waals surface area contributed by atoms with Crippen molar-refractivity contribution >= 4 is 6.03 Å². The van der Waals surface area contributed by atoms with Crippen LogP contribution in [0.1, 0.15) is 29.0 Å². The highest BCUT2D eigenvalue weighted by Gasteiger charge is 2.15. The second-order valence-electron chi connectivity index (χ2n) is 6.77. The Morgan fingerprint density at radius 3 is 2.19 bits per heavy atom. The van der Waals surface area contributed by atoms with Crippen molar-refractivity contribution in [2.45, 2.75) is 18.9 Å². The van der Waals surface area contributed by atoms with Crippen molar-refractivity contribution in [2.24, 2.45) is 7.05 Å². The minimum atomic E-state index is -0.0706. The minimum absolute atomic E-state index is 0.0706. The van der Waals surface area contributed by atoms with Crippen molar-refractivity contribution in [1.82, 2.24) is 20.0 Å². The molecule has 2 amide bonds. The quantitative estimate of drug-likeness (QED) is 0.695. The van der Waals surface area contributed by atoms with Gasteiger partial charge in [-0.3, -0.25) is 4.68 Å². The first-order valence-corrected chi connectivity index (χ1v) is 9.20. The van der Waals surface area contributed by atoms with Crippen molar-refractivity contribution in [3.8, 4) is 0 Å². The summed E-state index contributed by atoms with van der Waals surface area (Å²) in [4.78, 5) is 14.1. The second kappa shape index (κ2) is 9.03. The molecule has 1 heterocycles. The van der Waals surface area contributed by atoms with Gasteiger partial charge in [-0.25, -0.2) is 4.79 Å². The second-order valence-corrected chi connectivity index (χ2v) is 6.77. The average molecular weight is 362 g/mol. The summed E-state index contributed by atoms with van der Waals surface area (Å²) in [6, 6.07) is 20.8. The molecule has 27 heavy (non-hydrogen) atoms.